The van der Waals surface area contributed by atoms with Gasteiger partial charge in [0.25, 0.3) is 0 Å². The summed E-state index contributed by atoms with van der Waals surface area (Å²) in [6.45, 7) is 1.64. The number of halogens is 1. The van der Waals surface area contributed by atoms with Crippen LogP contribution < -0.4 is 5.32 Å². The lowest BCUT2D eigenvalue weighted by Gasteiger charge is -2.25. The lowest BCUT2D eigenvalue weighted by atomic mass is 10.1. The molecule has 1 aromatic heterocycles. The van der Waals surface area contributed by atoms with Gasteiger partial charge in [0.2, 0.25) is 0 Å². The summed E-state index contributed by atoms with van der Waals surface area (Å²) >= 11 is 1.45. The molecule has 0 radical (unpaired) electrons. The molecule has 2 amide bonds. The van der Waals surface area contributed by atoms with Gasteiger partial charge in [-0.15, -0.1) is 11.3 Å². The van der Waals surface area contributed by atoms with Crippen LogP contribution in [0.4, 0.5) is 9.18 Å². The molecule has 0 aliphatic carbocycles. The Bertz CT molecular complexity index is 707. The van der Waals surface area contributed by atoms with E-state index in [1.807, 2.05) is 16.3 Å². The summed E-state index contributed by atoms with van der Waals surface area (Å²) < 4.78 is 13.2. The first-order valence-corrected chi connectivity index (χ1v) is 8.54. The number of urea groups is 1. The molecule has 1 saturated heterocycles. The highest BCUT2D eigenvalue weighted by atomic mass is 32.1. The number of carbonyl (C=O) groups excluding carboxylic acids is 1. The number of carbonyl (C=O) groups is 1. The normalized spacial score (nSPS) is 15.1. The minimum absolute atomic E-state index is 0.0668. The van der Waals surface area contributed by atoms with Gasteiger partial charge in [-0.1, -0.05) is 12.1 Å². The minimum Gasteiger partial charge on any atom is -0.325 e. The number of nitrogens with zero attached hydrogens (tertiary/aromatic N) is 2. The number of rotatable bonds is 3. The van der Waals surface area contributed by atoms with Crippen LogP contribution in [0.5, 0.6) is 0 Å². The van der Waals surface area contributed by atoms with Gasteiger partial charge < -0.3 is 10.2 Å². The fraction of sp³-hybridized carbons (Fsp3) is 0.294. The second-order valence-electron chi connectivity index (χ2n) is 5.41. The highest BCUT2D eigenvalue weighted by Crippen LogP contribution is 2.23. The van der Waals surface area contributed by atoms with E-state index in [1.165, 1.54) is 29.9 Å². The van der Waals surface area contributed by atoms with E-state index in [0.29, 0.717) is 0 Å². The van der Waals surface area contributed by atoms with Crippen LogP contribution in [0.1, 0.15) is 24.3 Å². The van der Waals surface area contributed by atoms with Gasteiger partial charge in [-0.3, -0.25) is 0 Å². The molecule has 2 aromatic rings. The molecule has 0 atom stereocenters. The molecular weight excluding hydrogens is 313 g/mol. The van der Waals surface area contributed by atoms with Gasteiger partial charge in [0.05, 0.1) is 5.69 Å². The smallest absolute Gasteiger partial charge is 0.321 e. The molecule has 0 spiro atoms. The molecule has 23 heavy (non-hydrogen) atoms. The highest BCUT2D eigenvalue weighted by Gasteiger charge is 2.14. The molecule has 1 N–H and O–H groups in total. The fourth-order valence-electron chi connectivity index (χ4n) is 2.52. The van der Waals surface area contributed by atoms with E-state index in [9.17, 15) is 9.18 Å². The molecule has 120 valence electrons. The maximum Gasteiger partial charge on any atom is 0.321 e. The SMILES string of the molecule is O=C(N/C=C/c1nc(-c2cccc(F)c2)cs1)N1CCCCC1. The molecule has 1 fully saturated rings. The topological polar surface area (TPSA) is 45.2 Å². The molecule has 2 heterocycles. The quantitative estimate of drug-likeness (QED) is 0.920. The number of aromatic nitrogens is 1. The van der Waals surface area contributed by atoms with Crippen LogP contribution in [-0.2, 0) is 0 Å². The number of likely N-dealkylation sites (tertiary alicyclic amines) is 1. The molecule has 0 unspecified atom stereocenters. The molecule has 1 aromatic carbocycles. The third-order valence-electron chi connectivity index (χ3n) is 3.72. The fourth-order valence-corrected chi connectivity index (χ4v) is 3.24. The van der Waals surface area contributed by atoms with E-state index >= 15 is 0 Å². The summed E-state index contributed by atoms with van der Waals surface area (Å²) in [6, 6.07) is 6.29. The number of benzene rings is 1. The minimum atomic E-state index is -0.276. The first kappa shape index (κ1) is 15.7. The first-order valence-electron chi connectivity index (χ1n) is 7.66. The monoisotopic (exact) mass is 331 g/mol. The van der Waals surface area contributed by atoms with Crippen molar-refractivity contribution in [2.45, 2.75) is 19.3 Å². The number of hydrogen-bond donors (Lipinski definition) is 1. The van der Waals surface area contributed by atoms with Crippen molar-refractivity contribution < 1.29 is 9.18 Å². The van der Waals surface area contributed by atoms with E-state index in [0.717, 1.165) is 42.2 Å². The van der Waals surface area contributed by atoms with Crippen molar-refractivity contribution >= 4 is 23.4 Å². The average molecular weight is 331 g/mol. The van der Waals surface area contributed by atoms with Crippen LogP contribution >= 0.6 is 11.3 Å². The zero-order valence-electron chi connectivity index (χ0n) is 12.7. The summed E-state index contributed by atoms with van der Waals surface area (Å²) in [5.41, 5.74) is 1.48. The van der Waals surface area contributed by atoms with Gasteiger partial charge >= 0.3 is 6.03 Å². The Morgan fingerprint density at radius 2 is 2.13 bits per heavy atom. The lowest BCUT2D eigenvalue weighted by molar-refractivity contribution is 0.190. The maximum absolute atomic E-state index is 13.2. The summed E-state index contributed by atoms with van der Waals surface area (Å²) in [6.07, 6.45) is 6.71. The van der Waals surface area contributed by atoms with Crippen LogP contribution in [-0.4, -0.2) is 29.0 Å². The van der Waals surface area contributed by atoms with E-state index in [-0.39, 0.29) is 11.8 Å². The maximum atomic E-state index is 13.2. The molecule has 0 bridgehead atoms. The van der Waals surface area contributed by atoms with E-state index in [2.05, 4.69) is 10.3 Å². The van der Waals surface area contributed by atoms with Gasteiger partial charge in [-0.25, -0.2) is 14.2 Å². The third-order valence-corrected chi connectivity index (χ3v) is 4.53. The zero-order valence-corrected chi connectivity index (χ0v) is 13.5. The Morgan fingerprint density at radius 1 is 1.30 bits per heavy atom. The number of nitrogens with one attached hydrogen (secondary N) is 1. The van der Waals surface area contributed by atoms with Gasteiger partial charge in [0.15, 0.2) is 0 Å². The van der Waals surface area contributed by atoms with Crippen molar-refractivity contribution in [3.63, 3.8) is 0 Å². The van der Waals surface area contributed by atoms with E-state index < -0.39 is 0 Å². The van der Waals surface area contributed by atoms with Gasteiger partial charge in [0, 0.05) is 30.2 Å². The summed E-state index contributed by atoms with van der Waals surface area (Å²) in [4.78, 5) is 18.2. The highest BCUT2D eigenvalue weighted by molar-refractivity contribution is 7.10. The summed E-state index contributed by atoms with van der Waals surface area (Å²) in [7, 11) is 0. The number of thiazole rings is 1. The third kappa shape index (κ3) is 4.16. The van der Waals surface area contributed by atoms with Crippen molar-refractivity contribution in [2.75, 3.05) is 13.1 Å². The van der Waals surface area contributed by atoms with Crippen molar-refractivity contribution in [1.82, 2.24) is 15.2 Å². The molecular formula is C17H18FN3OS. The number of hydrogen-bond acceptors (Lipinski definition) is 3. The van der Waals surface area contributed by atoms with E-state index in [4.69, 9.17) is 0 Å². The summed E-state index contributed by atoms with van der Waals surface area (Å²) in [5.74, 6) is -0.276. The van der Waals surface area contributed by atoms with Gasteiger partial charge in [-0.2, -0.15) is 0 Å². The van der Waals surface area contributed by atoms with Gasteiger partial charge in [-0.05, 0) is 37.5 Å². The van der Waals surface area contributed by atoms with Crippen LogP contribution in [0.3, 0.4) is 0 Å². The van der Waals surface area contributed by atoms with E-state index in [1.54, 1.807) is 18.3 Å². The average Bonchev–Trinajstić information content (AvgIpc) is 3.04. The molecule has 6 heteroatoms. The van der Waals surface area contributed by atoms with Crippen LogP contribution in [0, 0.1) is 5.82 Å². The largest absolute Gasteiger partial charge is 0.325 e. The second kappa shape index (κ2) is 7.37. The molecule has 0 saturated carbocycles. The number of piperidine rings is 1. The Labute approximate surface area is 138 Å². The molecule has 1 aliphatic rings. The standard InChI is InChI=1S/C17H18FN3OS/c18-14-6-4-5-13(11-14)15-12-23-16(20-15)7-8-19-17(22)21-9-2-1-3-10-21/h4-8,11-12H,1-3,9-10H2,(H,19,22)/b8-7+. The van der Waals surface area contributed by atoms with Crippen molar-refractivity contribution in [1.29, 1.82) is 0 Å². The van der Waals surface area contributed by atoms with Crippen LogP contribution in [0.25, 0.3) is 17.3 Å². The number of amides is 2. The van der Waals surface area contributed by atoms with Gasteiger partial charge in [0.1, 0.15) is 10.8 Å². The van der Waals surface area contributed by atoms with Crippen molar-refractivity contribution in [3.8, 4) is 11.3 Å². The predicted molar refractivity (Wildman–Crippen MR) is 90.5 cm³/mol. The second-order valence-corrected chi connectivity index (χ2v) is 6.30. The van der Waals surface area contributed by atoms with Crippen molar-refractivity contribution in [3.05, 3.63) is 46.7 Å². The Morgan fingerprint density at radius 3 is 2.91 bits per heavy atom. The van der Waals surface area contributed by atoms with Crippen LogP contribution in [0.15, 0.2) is 35.8 Å². The molecule has 1 aliphatic heterocycles. The summed E-state index contributed by atoms with van der Waals surface area (Å²) in [5, 5.41) is 5.41. The first-order chi connectivity index (χ1) is 11.2. The lowest BCUT2D eigenvalue weighted by Crippen LogP contribution is -2.40. The van der Waals surface area contributed by atoms with Crippen LogP contribution in [0.2, 0.25) is 0 Å². The Kier molecular flexibility index (Phi) is 5.02. The molecule has 3 rings (SSSR count). The Balaban J connectivity index is 1.59. The zero-order chi connectivity index (χ0) is 16.1. The van der Waals surface area contributed by atoms with Crippen molar-refractivity contribution in [2.24, 2.45) is 0 Å². The predicted octanol–water partition coefficient (Wildman–Crippen LogP) is 4.12. The Hall–Kier alpha value is -2.21. The molecule has 4 nitrogen and oxygen atoms in total.